The van der Waals surface area contributed by atoms with Crippen LogP contribution in [0.5, 0.6) is 0 Å². The van der Waals surface area contributed by atoms with Crippen molar-refractivity contribution in [3.63, 3.8) is 0 Å². The van der Waals surface area contributed by atoms with Crippen LogP contribution in [0, 0.1) is 6.92 Å². The first-order valence-corrected chi connectivity index (χ1v) is 5.53. The average Bonchev–Trinajstić information content (AvgIpc) is 2.76. The highest BCUT2D eigenvalue weighted by atomic mass is 79.9. The van der Waals surface area contributed by atoms with Gasteiger partial charge < -0.3 is 5.32 Å². The molecule has 0 saturated carbocycles. The number of anilines is 1. The summed E-state index contributed by atoms with van der Waals surface area (Å²) in [5, 5.41) is 9.14. The molecular weight excluding hydrogens is 270 g/mol. The molecule has 0 radical (unpaired) electrons. The van der Waals surface area contributed by atoms with Crippen molar-refractivity contribution in [2.24, 2.45) is 0 Å². The summed E-state index contributed by atoms with van der Waals surface area (Å²) in [4.78, 5) is 11.7. The molecule has 16 heavy (non-hydrogen) atoms. The third-order valence-electron chi connectivity index (χ3n) is 2.12. The van der Waals surface area contributed by atoms with Crippen molar-refractivity contribution in [2.75, 3.05) is 5.32 Å². The molecule has 1 aromatic carbocycles. The molecule has 0 aliphatic heterocycles. The molecule has 0 atom stereocenters. The summed E-state index contributed by atoms with van der Waals surface area (Å²) in [6.45, 7) is 1.97. The maximum atomic E-state index is 11.7. The topological polar surface area (TPSA) is 57.8 Å². The number of aromatic amines is 1. The monoisotopic (exact) mass is 279 g/mol. The van der Waals surface area contributed by atoms with E-state index in [4.69, 9.17) is 0 Å². The molecule has 82 valence electrons. The lowest BCUT2D eigenvalue weighted by molar-refractivity contribution is 0.102. The van der Waals surface area contributed by atoms with Crippen molar-refractivity contribution in [3.05, 3.63) is 46.2 Å². The van der Waals surface area contributed by atoms with Gasteiger partial charge in [0.1, 0.15) is 5.69 Å². The second-order valence-corrected chi connectivity index (χ2v) is 4.26. The molecule has 2 rings (SSSR count). The van der Waals surface area contributed by atoms with E-state index in [2.05, 4.69) is 31.4 Å². The summed E-state index contributed by atoms with van der Waals surface area (Å²) >= 11 is 3.38. The number of rotatable bonds is 2. The molecule has 0 unspecified atom stereocenters. The zero-order chi connectivity index (χ0) is 11.5. The molecule has 4 nitrogen and oxygen atoms in total. The zero-order valence-electron chi connectivity index (χ0n) is 8.62. The molecule has 0 spiro atoms. The van der Waals surface area contributed by atoms with Crippen LogP contribution in [0.1, 0.15) is 16.1 Å². The SMILES string of the molecule is Cc1ccc(Br)c(NC(=O)c2ccn[nH]2)c1. The molecule has 0 saturated heterocycles. The van der Waals surface area contributed by atoms with Gasteiger partial charge in [-0.3, -0.25) is 9.89 Å². The van der Waals surface area contributed by atoms with E-state index in [1.54, 1.807) is 12.3 Å². The first-order chi connectivity index (χ1) is 7.66. The normalized spacial score (nSPS) is 10.1. The molecule has 2 aromatic rings. The molecule has 5 heteroatoms. The molecule has 0 aliphatic carbocycles. The average molecular weight is 280 g/mol. The summed E-state index contributed by atoms with van der Waals surface area (Å²) in [5.41, 5.74) is 2.27. The van der Waals surface area contributed by atoms with Crippen LogP contribution in [-0.4, -0.2) is 16.1 Å². The summed E-state index contributed by atoms with van der Waals surface area (Å²) < 4.78 is 0.853. The molecule has 2 N–H and O–H groups in total. The van der Waals surface area contributed by atoms with Crippen molar-refractivity contribution in [1.29, 1.82) is 0 Å². The van der Waals surface area contributed by atoms with E-state index in [1.165, 1.54) is 0 Å². The second-order valence-electron chi connectivity index (χ2n) is 3.41. The molecule has 1 amide bonds. The number of hydrogen-bond acceptors (Lipinski definition) is 2. The Morgan fingerprint density at radius 3 is 2.94 bits per heavy atom. The third kappa shape index (κ3) is 2.30. The molecule has 1 heterocycles. The third-order valence-corrected chi connectivity index (χ3v) is 2.81. The van der Waals surface area contributed by atoms with Gasteiger partial charge in [0.25, 0.3) is 5.91 Å². The van der Waals surface area contributed by atoms with Gasteiger partial charge in [-0.2, -0.15) is 5.10 Å². The number of carbonyl (C=O) groups excluding carboxylic acids is 1. The Balaban J connectivity index is 2.21. The van der Waals surface area contributed by atoms with Gasteiger partial charge in [0.2, 0.25) is 0 Å². The van der Waals surface area contributed by atoms with Crippen LogP contribution in [0.4, 0.5) is 5.69 Å². The number of nitrogens with zero attached hydrogens (tertiary/aromatic N) is 1. The smallest absolute Gasteiger partial charge is 0.273 e. The van der Waals surface area contributed by atoms with E-state index in [9.17, 15) is 4.79 Å². The van der Waals surface area contributed by atoms with Crippen LogP contribution in [0.2, 0.25) is 0 Å². The van der Waals surface area contributed by atoms with E-state index in [0.717, 1.165) is 15.7 Å². The van der Waals surface area contributed by atoms with Gasteiger partial charge in [-0.1, -0.05) is 6.07 Å². The molecule has 1 aromatic heterocycles. The molecule has 0 aliphatic rings. The number of aromatic nitrogens is 2. The van der Waals surface area contributed by atoms with Gasteiger partial charge in [-0.15, -0.1) is 0 Å². The highest BCUT2D eigenvalue weighted by Crippen LogP contribution is 2.23. The fourth-order valence-corrected chi connectivity index (χ4v) is 1.65. The van der Waals surface area contributed by atoms with Gasteiger partial charge >= 0.3 is 0 Å². The van der Waals surface area contributed by atoms with Crippen LogP contribution < -0.4 is 5.32 Å². The van der Waals surface area contributed by atoms with E-state index in [-0.39, 0.29) is 5.91 Å². The highest BCUT2D eigenvalue weighted by Gasteiger charge is 2.08. The predicted octanol–water partition coefficient (Wildman–Crippen LogP) is 2.73. The van der Waals surface area contributed by atoms with Crippen LogP contribution in [0.15, 0.2) is 34.9 Å². The molecular formula is C11H10BrN3O. The number of carbonyl (C=O) groups is 1. The van der Waals surface area contributed by atoms with Crippen molar-refractivity contribution in [3.8, 4) is 0 Å². The molecule has 0 fully saturated rings. The first-order valence-electron chi connectivity index (χ1n) is 4.73. The van der Waals surface area contributed by atoms with Crippen molar-refractivity contribution < 1.29 is 4.79 Å². The Hall–Kier alpha value is -1.62. The van der Waals surface area contributed by atoms with Gasteiger partial charge in [-0.05, 0) is 46.6 Å². The molecule has 0 bridgehead atoms. The maximum absolute atomic E-state index is 11.7. The Labute approximate surface area is 101 Å². The van der Waals surface area contributed by atoms with E-state index >= 15 is 0 Å². The quantitative estimate of drug-likeness (QED) is 0.888. The lowest BCUT2D eigenvalue weighted by Gasteiger charge is -2.06. The predicted molar refractivity (Wildman–Crippen MR) is 65.4 cm³/mol. The van der Waals surface area contributed by atoms with Crippen LogP contribution in [0.3, 0.4) is 0 Å². The fourth-order valence-electron chi connectivity index (χ4n) is 1.31. The van der Waals surface area contributed by atoms with Crippen LogP contribution >= 0.6 is 15.9 Å². The van der Waals surface area contributed by atoms with Crippen molar-refractivity contribution in [1.82, 2.24) is 10.2 Å². The minimum atomic E-state index is -0.205. The van der Waals surface area contributed by atoms with Gasteiger partial charge in [-0.25, -0.2) is 0 Å². The number of halogens is 1. The zero-order valence-corrected chi connectivity index (χ0v) is 10.2. The van der Waals surface area contributed by atoms with E-state index in [0.29, 0.717) is 5.69 Å². The van der Waals surface area contributed by atoms with Crippen molar-refractivity contribution >= 4 is 27.5 Å². The van der Waals surface area contributed by atoms with Gasteiger partial charge in [0.05, 0.1) is 5.69 Å². The van der Waals surface area contributed by atoms with Gasteiger partial charge in [0.15, 0.2) is 0 Å². The highest BCUT2D eigenvalue weighted by molar-refractivity contribution is 9.10. The number of H-pyrrole nitrogens is 1. The summed E-state index contributed by atoms with van der Waals surface area (Å²) in [6.07, 6.45) is 1.54. The number of amides is 1. The number of aryl methyl sites for hydroxylation is 1. The van der Waals surface area contributed by atoms with Crippen LogP contribution in [-0.2, 0) is 0 Å². The maximum Gasteiger partial charge on any atom is 0.273 e. The number of nitrogens with one attached hydrogen (secondary N) is 2. The standard InChI is InChI=1S/C11H10BrN3O/c1-7-2-3-8(12)10(6-7)14-11(16)9-4-5-13-15-9/h2-6H,1H3,(H,13,15)(H,14,16). The van der Waals surface area contributed by atoms with E-state index in [1.807, 2.05) is 25.1 Å². The summed E-state index contributed by atoms with van der Waals surface area (Å²) in [6, 6.07) is 7.39. The second kappa shape index (κ2) is 4.49. The minimum Gasteiger partial charge on any atom is -0.320 e. The fraction of sp³-hybridized carbons (Fsp3) is 0.0909. The summed E-state index contributed by atoms with van der Waals surface area (Å²) in [7, 11) is 0. The summed E-state index contributed by atoms with van der Waals surface area (Å²) in [5.74, 6) is -0.205. The minimum absolute atomic E-state index is 0.205. The largest absolute Gasteiger partial charge is 0.320 e. The number of benzene rings is 1. The Kier molecular flexibility index (Phi) is 3.05. The lowest BCUT2D eigenvalue weighted by Crippen LogP contribution is -2.12. The van der Waals surface area contributed by atoms with Crippen molar-refractivity contribution in [2.45, 2.75) is 6.92 Å². The first kappa shape index (κ1) is 10.9. The Bertz CT molecular complexity index is 508. The lowest BCUT2D eigenvalue weighted by atomic mass is 10.2. The van der Waals surface area contributed by atoms with Crippen LogP contribution in [0.25, 0.3) is 0 Å². The number of hydrogen-bond donors (Lipinski definition) is 2. The Morgan fingerprint density at radius 1 is 1.44 bits per heavy atom. The van der Waals surface area contributed by atoms with E-state index < -0.39 is 0 Å². The van der Waals surface area contributed by atoms with Gasteiger partial charge in [0, 0.05) is 10.7 Å². The Morgan fingerprint density at radius 2 is 2.25 bits per heavy atom.